The van der Waals surface area contributed by atoms with Crippen LogP contribution in [0.2, 0.25) is 5.02 Å². The third-order valence-electron chi connectivity index (χ3n) is 4.98. The van der Waals surface area contributed by atoms with Crippen LogP contribution in [-0.4, -0.2) is 27.3 Å². The molecule has 10 heteroatoms. The highest BCUT2D eigenvalue weighted by Gasteiger charge is 2.31. The van der Waals surface area contributed by atoms with Crippen molar-refractivity contribution in [3.8, 4) is 11.6 Å². The molecule has 0 fully saturated rings. The molecule has 6 nitrogen and oxygen atoms in total. The third kappa shape index (κ3) is 6.72. The lowest BCUT2D eigenvalue weighted by Crippen LogP contribution is -2.10. The molecule has 0 aliphatic rings. The quantitative estimate of drug-likeness (QED) is 0.267. The van der Waals surface area contributed by atoms with Gasteiger partial charge in [-0.1, -0.05) is 31.5 Å². The summed E-state index contributed by atoms with van der Waals surface area (Å²) < 4.78 is 51.4. The summed E-state index contributed by atoms with van der Waals surface area (Å²) in [5.41, 5.74) is 1.54. The standard InChI is InChI=1S/C24H25ClF3N3O3/c1-15(2)21-13-19(6-5-11-33-23-22(34-16(3)32)7-4-10-29-23)31(30-21)14-17-8-9-18(12-20(17)25)24(26,27)28/h4,7-10,12-13,15H,5-6,11,14H2,1-3H3. The Bertz CT molecular complexity index is 1150. The zero-order chi connectivity index (χ0) is 24.9. The summed E-state index contributed by atoms with van der Waals surface area (Å²) in [5, 5.41) is 4.67. The molecular formula is C24H25ClF3N3O3. The number of alkyl halides is 3. The molecule has 34 heavy (non-hydrogen) atoms. The predicted octanol–water partition coefficient (Wildman–Crippen LogP) is 6.06. The van der Waals surface area contributed by atoms with Gasteiger partial charge >= 0.3 is 12.1 Å². The first-order valence-electron chi connectivity index (χ1n) is 10.7. The third-order valence-corrected chi connectivity index (χ3v) is 5.33. The Morgan fingerprint density at radius 1 is 1.21 bits per heavy atom. The van der Waals surface area contributed by atoms with Crippen LogP contribution in [0, 0.1) is 0 Å². The number of aromatic nitrogens is 3. The Labute approximate surface area is 200 Å². The monoisotopic (exact) mass is 495 g/mol. The first kappa shape index (κ1) is 25.6. The van der Waals surface area contributed by atoms with E-state index in [0.29, 0.717) is 25.0 Å². The zero-order valence-electron chi connectivity index (χ0n) is 19.0. The summed E-state index contributed by atoms with van der Waals surface area (Å²) in [5.74, 6) is 0.189. The van der Waals surface area contributed by atoms with Gasteiger partial charge < -0.3 is 9.47 Å². The summed E-state index contributed by atoms with van der Waals surface area (Å²) in [6.07, 6.45) is -1.69. The Kier molecular flexibility index (Phi) is 8.19. The van der Waals surface area contributed by atoms with E-state index >= 15 is 0 Å². The van der Waals surface area contributed by atoms with Crippen LogP contribution < -0.4 is 9.47 Å². The molecule has 2 aromatic heterocycles. The molecular weight excluding hydrogens is 471 g/mol. The van der Waals surface area contributed by atoms with Crippen LogP contribution in [0.4, 0.5) is 13.2 Å². The molecule has 0 bridgehead atoms. The second kappa shape index (κ2) is 10.9. The summed E-state index contributed by atoms with van der Waals surface area (Å²) in [6, 6.07) is 8.56. The van der Waals surface area contributed by atoms with E-state index in [1.165, 1.54) is 13.0 Å². The van der Waals surface area contributed by atoms with E-state index in [9.17, 15) is 18.0 Å². The molecule has 0 atom stereocenters. The van der Waals surface area contributed by atoms with Crippen LogP contribution in [0.3, 0.4) is 0 Å². The fraction of sp³-hybridized carbons (Fsp3) is 0.375. The molecule has 182 valence electrons. The van der Waals surface area contributed by atoms with E-state index in [4.69, 9.17) is 21.1 Å². The number of hydrogen-bond donors (Lipinski definition) is 0. The summed E-state index contributed by atoms with van der Waals surface area (Å²) in [7, 11) is 0. The van der Waals surface area contributed by atoms with Gasteiger partial charge in [0, 0.05) is 23.8 Å². The van der Waals surface area contributed by atoms with Crippen LogP contribution in [0.25, 0.3) is 0 Å². The van der Waals surface area contributed by atoms with Crippen molar-refractivity contribution in [1.82, 2.24) is 14.8 Å². The summed E-state index contributed by atoms with van der Waals surface area (Å²) in [4.78, 5) is 15.3. The lowest BCUT2D eigenvalue weighted by atomic mass is 10.1. The molecule has 0 amide bonds. The van der Waals surface area contributed by atoms with Crippen molar-refractivity contribution in [2.24, 2.45) is 0 Å². The normalized spacial score (nSPS) is 11.6. The van der Waals surface area contributed by atoms with Gasteiger partial charge in [0.15, 0.2) is 5.75 Å². The van der Waals surface area contributed by atoms with Gasteiger partial charge in [0.05, 0.1) is 24.4 Å². The van der Waals surface area contributed by atoms with Gasteiger partial charge in [-0.15, -0.1) is 0 Å². The number of halogens is 4. The van der Waals surface area contributed by atoms with Crippen molar-refractivity contribution in [2.45, 2.75) is 52.3 Å². The molecule has 0 radical (unpaired) electrons. The van der Waals surface area contributed by atoms with Gasteiger partial charge in [0.25, 0.3) is 5.88 Å². The van der Waals surface area contributed by atoms with E-state index in [2.05, 4.69) is 10.1 Å². The maximum Gasteiger partial charge on any atom is 0.416 e. The van der Waals surface area contributed by atoms with Crippen molar-refractivity contribution in [3.05, 3.63) is 70.1 Å². The number of pyridine rings is 1. The Morgan fingerprint density at radius 3 is 2.62 bits per heavy atom. The minimum atomic E-state index is -4.45. The number of hydrogen-bond acceptors (Lipinski definition) is 5. The fourth-order valence-electron chi connectivity index (χ4n) is 3.25. The first-order valence-corrected chi connectivity index (χ1v) is 11.1. The molecule has 0 unspecified atom stereocenters. The molecule has 0 saturated carbocycles. The molecule has 3 rings (SSSR count). The largest absolute Gasteiger partial charge is 0.475 e. The number of carbonyl (C=O) groups excluding carboxylic acids is 1. The second-order valence-corrected chi connectivity index (χ2v) is 8.44. The van der Waals surface area contributed by atoms with Crippen LogP contribution >= 0.6 is 11.6 Å². The highest BCUT2D eigenvalue weighted by molar-refractivity contribution is 6.31. The van der Waals surface area contributed by atoms with Gasteiger partial charge in [-0.05, 0) is 54.7 Å². The van der Waals surface area contributed by atoms with Crippen LogP contribution in [0.1, 0.15) is 55.6 Å². The molecule has 1 aromatic carbocycles. The minimum absolute atomic E-state index is 0.0406. The first-order chi connectivity index (χ1) is 16.0. The molecule has 2 heterocycles. The van der Waals surface area contributed by atoms with Crippen molar-refractivity contribution in [3.63, 3.8) is 0 Å². The average molecular weight is 496 g/mol. The fourth-order valence-corrected chi connectivity index (χ4v) is 3.49. The van der Waals surface area contributed by atoms with Gasteiger partial charge in [0.1, 0.15) is 0 Å². The highest BCUT2D eigenvalue weighted by atomic mass is 35.5. The maximum atomic E-state index is 12.9. The Hall–Kier alpha value is -3.07. The predicted molar refractivity (Wildman–Crippen MR) is 121 cm³/mol. The van der Waals surface area contributed by atoms with Gasteiger partial charge in [-0.25, -0.2) is 4.98 Å². The lowest BCUT2D eigenvalue weighted by Gasteiger charge is -2.12. The number of benzene rings is 1. The van der Waals surface area contributed by atoms with E-state index in [1.54, 1.807) is 23.0 Å². The number of ether oxygens (including phenoxy) is 2. The smallest absolute Gasteiger partial charge is 0.416 e. The number of carbonyl (C=O) groups is 1. The SMILES string of the molecule is CC(=O)Oc1cccnc1OCCCc1cc(C(C)C)nn1Cc1ccc(C(F)(F)F)cc1Cl. The second-order valence-electron chi connectivity index (χ2n) is 8.03. The number of nitrogens with zero attached hydrogens (tertiary/aromatic N) is 3. The van der Waals surface area contributed by atoms with Gasteiger partial charge in [-0.3, -0.25) is 9.48 Å². The Balaban J connectivity index is 1.70. The van der Waals surface area contributed by atoms with Crippen molar-refractivity contribution >= 4 is 17.6 Å². The molecule has 0 spiro atoms. The summed E-state index contributed by atoms with van der Waals surface area (Å²) in [6.45, 7) is 5.89. The van der Waals surface area contributed by atoms with Crippen LogP contribution in [0.5, 0.6) is 11.6 Å². The number of esters is 1. The molecule has 0 N–H and O–H groups in total. The van der Waals surface area contributed by atoms with Crippen molar-refractivity contribution in [2.75, 3.05) is 6.61 Å². The van der Waals surface area contributed by atoms with E-state index in [-0.39, 0.29) is 29.1 Å². The molecule has 3 aromatic rings. The van der Waals surface area contributed by atoms with E-state index < -0.39 is 17.7 Å². The average Bonchev–Trinajstić information content (AvgIpc) is 3.15. The Morgan fingerprint density at radius 2 is 1.97 bits per heavy atom. The maximum absolute atomic E-state index is 12.9. The van der Waals surface area contributed by atoms with Crippen LogP contribution in [0.15, 0.2) is 42.6 Å². The van der Waals surface area contributed by atoms with E-state index in [0.717, 1.165) is 23.5 Å². The van der Waals surface area contributed by atoms with Crippen LogP contribution in [-0.2, 0) is 23.9 Å². The van der Waals surface area contributed by atoms with Gasteiger partial charge in [0.2, 0.25) is 0 Å². The zero-order valence-corrected chi connectivity index (χ0v) is 19.8. The van der Waals surface area contributed by atoms with E-state index in [1.807, 2.05) is 19.9 Å². The summed E-state index contributed by atoms with van der Waals surface area (Å²) >= 11 is 6.15. The van der Waals surface area contributed by atoms with Gasteiger partial charge in [-0.2, -0.15) is 18.3 Å². The molecule has 0 saturated heterocycles. The number of aryl methyl sites for hydroxylation is 1. The lowest BCUT2D eigenvalue weighted by molar-refractivity contribution is -0.137. The van der Waals surface area contributed by atoms with Crippen molar-refractivity contribution < 1.29 is 27.4 Å². The topological polar surface area (TPSA) is 66.2 Å². The molecule has 0 aliphatic carbocycles. The number of rotatable bonds is 9. The molecule has 0 aliphatic heterocycles. The highest BCUT2D eigenvalue weighted by Crippen LogP contribution is 2.32. The minimum Gasteiger partial charge on any atom is -0.475 e. The van der Waals surface area contributed by atoms with Crippen molar-refractivity contribution in [1.29, 1.82) is 0 Å².